The molecule has 1 heterocycles. The van der Waals surface area contributed by atoms with Crippen LogP contribution in [0, 0.1) is 0 Å². The Balaban J connectivity index is 1.87. The molecule has 0 fully saturated rings. The van der Waals surface area contributed by atoms with Gasteiger partial charge < -0.3 is 10.1 Å². The Morgan fingerprint density at radius 3 is 2.22 bits per heavy atom. The maximum absolute atomic E-state index is 12.7. The minimum Gasteiger partial charge on any atom is -0.497 e. The molecule has 3 N–H and O–H groups in total. The van der Waals surface area contributed by atoms with Gasteiger partial charge in [-0.05, 0) is 54.1 Å². The highest BCUT2D eigenvalue weighted by atomic mass is 79.9. The highest BCUT2D eigenvalue weighted by Crippen LogP contribution is 2.32. The molecule has 0 spiro atoms. The lowest BCUT2D eigenvalue weighted by atomic mass is 10.1. The number of benzene rings is 2. The van der Waals surface area contributed by atoms with Crippen LogP contribution in [-0.2, 0) is 22.6 Å². The molecular weight excluding hydrogens is 511 g/mol. The zero-order valence-corrected chi connectivity index (χ0v) is 19.1. The lowest BCUT2D eigenvalue weighted by Gasteiger charge is -2.15. The van der Waals surface area contributed by atoms with Gasteiger partial charge in [-0.1, -0.05) is 28.1 Å². The Kier molecular flexibility index (Phi) is 7.11. The zero-order valence-electron chi connectivity index (χ0n) is 16.7. The summed E-state index contributed by atoms with van der Waals surface area (Å²) in [5.74, 6) is 0.945. The maximum atomic E-state index is 12.7. The maximum Gasteiger partial charge on any atom is 0.416 e. The minimum absolute atomic E-state index is 0.131. The quantitative estimate of drug-likeness (QED) is 0.411. The Bertz CT molecular complexity index is 1190. The standard InChI is InChI=1S/C21H19BrF3N3O3S/c1-31-16-8-2-13(3-9-16)17(22)12-18-19(32(26,29)30)10-11-20(28-18)27-15-6-4-14(5-7-15)21(23,24)25/h2-11,17H,12H2,1H3,(H,27,28)(H2,26,29,30). The summed E-state index contributed by atoms with van der Waals surface area (Å²) in [7, 11) is -2.49. The molecule has 0 bridgehead atoms. The van der Waals surface area contributed by atoms with Crippen LogP contribution in [0.5, 0.6) is 5.75 Å². The molecule has 11 heteroatoms. The van der Waals surface area contributed by atoms with Gasteiger partial charge in [0.25, 0.3) is 0 Å². The average molecular weight is 530 g/mol. The molecule has 3 aromatic rings. The molecule has 0 saturated carbocycles. The molecule has 1 atom stereocenters. The monoisotopic (exact) mass is 529 g/mol. The van der Waals surface area contributed by atoms with Crippen molar-refractivity contribution in [2.45, 2.75) is 22.3 Å². The van der Waals surface area contributed by atoms with Crippen LogP contribution < -0.4 is 15.2 Å². The lowest BCUT2D eigenvalue weighted by molar-refractivity contribution is -0.137. The summed E-state index contributed by atoms with van der Waals surface area (Å²) in [5.41, 5.74) is 0.671. The second kappa shape index (κ2) is 9.47. The number of sulfonamides is 1. The van der Waals surface area contributed by atoms with E-state index in [0.717, 1.165) is 17.7 Å². The number of ether oxygens (including phenoxy) is 1. The van der Waals surface area contributed by atoms with Crippen molar-refractivity contribution in [3.8, 4) is 5.75 Å². The summed E-state index contributed by atoms with van der Waals surface area (Å²) in [6, 6.07) is 14.4. The van der Waals surface area contributed by atoms with Gasteiger partial charge in [-0.3, -0.25) is 0 Å². The molecule has 32 heavy (non-hydrogen) atoms. The van der Waals surface area contributed by atoms with E-state index in [-0.39, 0.29) is 27.7 Å². The molecule has 2 aromatic carbocycles. The van der Waals surface area contributed by atoms with Gasteiger partial charge >= 0.3 is 6.18 Å². The van der Waals surface area contributed by atoms with Crippen molar-refractivity contribution in [2.24, 2.45) is 5.14 Å². The van der Waals surface area contributed by atoms with Crippen molar-refractivity contribution in [3.05, 3.63) is 77.5 Å². The summed E-state index contributed by atoms with van der Waals surface area (Å²) in [5, 5.41) is 8.23. The molecular formula is C21H19BrF3N3O3S. The molecule has 1 unspecified atom stereocenters. The van der Waals surface area contributed by atoms with Gasteiger partial charge in [0.1, 0.15) is 16.5 Å². The first-order chi connectivity index (χ1) is 15.0. The smallest absolute Gasteiger partial charge is 0.416 e. The van der Waals surface area contributed by atoms with Crippen molar-refractivity contribution in [2.75, 3.05) is 12.4 Å². The van der Waals surface area contributed by atoms with Crippen LogP contribution in [0.4, 0.5) is 24.7 Å². The fourth-order valence-electron chi connectivity index (χ4n) is 2.95. The van der Waals surface area contributed by atoms with E-state index in [0.29, 0.717) is 11.4 Å². The van der Waals surface area contributed by atoms with Crippen LogP contribution in [0.15, 0.2) is 65.6 Å². The zero-order chi connectivity index (χ0) is 23.5. The number of primary sulfonamides is 1. The molecule has 0 radical (unpaired) electrons. The molecule has 0 aliphatic rings. The third-order valence-electron chi connectivity index (χ3n) is 4.57. The number of halogens is 4. The number of alkyl halides is 4. The van der Waals surface area contributed by atoms with Gasteiger partial charge in [-0.25, -0.2) is 18.5 Å². The SMILES string of the molecule is COc1ccc(C(Br)Cc2nc(Nc3ccc(C(F)(F)F)cc3)ccc2S(N)(=O)=O)cc1. The molecule has 0 aliphatic carbocycles. The van der Waals surface area contributed by atoms with E-state index in [2.05, 4.69) is 26.2 Å². The lowest BCUT2D eigenvalue weighted by Crippen LogP contribution is -2.16. The Morgan fingerprint density at radius 2 is 1.69 bits per heavy atom. The van der Waals surface area contributed by atoms with E-state index in [9.17, 15) is 21.6 Å². The minimum atomic E-state index is -4.44. The number of hydrogen-bond acceptors (Lipinski definition) is 5. The topological polar surface area (TPSA) is 94.3 Å². The summed E-state index contributed by atoms with van der Waals surface area (Å²) in [6.45, 7) is 0. The first-order valence-corrected chi connectivity index (χ1v) is 11.7. The highest BCUT2D eigenvalue weighted by molar-refractivity contribution is 9.09. The van der Waals surface area contributed by atoms with E-state index in [1.165, 1.54) is 24.3 Å². The van der Waals surface area contributed by atoms with E-state index in [4.69, 9.17) is 9.88 Å². The Morgan fingerprint density at radius 1 is 1.06 bits per heavy atom. The third-order valence-corrected chi connectivity index (χ3v) is 6.41. The van der Waals surface area contributed by atoms with Gasteiger partial charge in [-0.15, -0.1) is 0 Å². The van der Waals surface area contributed by atoms with Crippen LogP contribution in [0.2, 0.25) is 0 Å². The highest BCUT2D eigenvalue weighted by Gasteiger charge is 2.30. The number of nitrogens with one attached hydrogen (secondary N) is 1. The Labute approximate surface area is 191 Å². The number of pyridine rings is 1. The molecule has 0 aliphatic heterocycles. The molecule has 0 amide bonds. The predicted octanol–water partition coefficient (Wildman–Crippen LogP) is 5.18. The number of hydrogen-bond donors (Lipinski definition) is 2. The summed E-state index contributed by atoms with van der Waals surface area (Å²) < 4.78 is 67.4. The van der Waals surface area contributed by atoms with E-state index < -0.39 is 21.8 Å². The van der Waals surface area contributed by atoms with E-state index in [1.807, 2.05) is 12.1 Å². The van der Waals surface area contributed by atoms with Crippen LogP contribution in [0.1, 0.15) is 21.6 Å². The fraction of sp³-hybridized carbons (Fsp3) is 0.190. The first kappa shape index (κ1) is 24.0. The normalized spacial score (nSPS) is 12.9. The molecule has 6 nitrogen and oxygen atoms in total. The number of aromatic nitrogens is 1. The summed E-state index contributed by atoms with van der Waals surface area (Å²) in [4.78, 5) is 3.95. The second-order valence-corrected chi connectivity index (χ2v) is 9.47. The van der Waals surface area contributed by atoms with Crippen LogP contribution >= 0.6 is 15.9 Å². The molecule has 0 saturated heterocycles. The van der Waals surface area contributed by atoms with Gasteiger partial charge in [0.05, 0.1) is 18.4 Å². The first-order valence-electron chi connectivity index (χ1n) is 9.22. The number of nitrogens with zero attached hydrogens (tertiary/aromatic N) is 1. The summed E-state index contributed by atoms with van der Waals surface area (Å²) >= 11 is 3.54. The average Bonchev–Trinajstić information content (AvgIpc) is 2.73. The van der Waals surface area contributed by atoms with Crippen LogP contribution in [-0.4, -0.2) is 20.5 Å². The number of rotatable bonds is 7. The number of anilines is 2. The van der Waals surface area contributed by atoms with Crippen molar-refractivity contribution in [1.82, 2.24) is 4.98 Å². The van der Waals surface area contributed by atoms with Gasteiger partial charge in [0, 0.05) is 16.9 Å². The molecule has 1 aromatic heterocycles. The van der Waals surface area contributed by atoms with E-state index >= 15 is 0 Å². The Hall–Kier alpha value is -2.63. The second-order valence-electron chi connectivity index (χ2n) is 6.83. The number of methoxy groups -OCH3 is 1. The van der Waals surface area contributed by atoms with Crippen molar-refractivity contribution in [1.29, 1.82) is 0 Å². The third kappa shape index (κ3) is 5.99. The van der Waals surface area contributed by atoms with Gasteiger partial charge in [-0.2, -0.15) is 13.2 Å². The number of nitrogens with two attached hydrogens (primary N) is 1. The fourth-order valence-corrected chi connectivity index (χ4v) is 4.28. The largest absolute Gasteiger partial charge is 0.497 e. The summed E-state index contributed by atoms with van der Waals surface area (Å²) in [6.07, 6.45) is -4.24. The van der Waals surface area contributed by atoms with Crippen LogP contribution in [0.3, 0.4) is 0 Å². The van der Waals surface area contributed by atoms with Crippen LogP contribution in [0.25, 0.3) is 0 Å². The predicted molar refractivity (Wildman–Crippen MR) is 119 cm³/mol. The van der Waals surface area contributed by atoms with Crippen molar-refractivity contribution < 1.29 is 26.3 Å². The van der Waals surface area contributed by atoms with Crippen molar-refractivity contribution >= 4 is 37.5 Å². The van der Waals surface area contributed by atoms with Gasteiger partial charge in [0.15, 0.2) is 0 Å². The van der Waals surface area contributed by atoms with Gasteiger partial charge in [0.2, 0.25) is 10.0 Å². The molecule has 170 valence electrons. The van der Waals surface area contributed by atoms with Crippen molar-refractivity contribution in [3.63, 3.8) is 0 Å². The molecule has 3 rings (SSSR count). The van der Waals surface area contributed by atoms with E-state index in [1.54, 1.807) is 19.2 Å².